The first-order valence-electron chi connectivity index (χ1n) is 7.99. The first-order valence-corrected chi connectivity index (χ1v) is 7.99. The second kappa shape index (κ2) is 7.28. The molecule has 140 valence electrons. The number of nitrogens with zero attached hydrogens (tertiary/aromatic N) is 5. The number of hydrogen-bond donors (Lipinski definition) is 1. The average molecular weight is 370 g/mol. The molecule has 0 fully saturated rings. The van der Waals surface area contributed by atoms with E-state index in [1.807, 2.05) is 0 Å². The van der Waals surface area contributed by atoms with Gasteiger partial charge < -0.3 is 9.30 Å². The van der Waals surface area contributed by atoms with Gasteiger partial charge in [0.2, 0.25) is 0 Å². The minimum absolute atomic E-state index is 0.163. The van der Waals surface area contributed by atoms with Crippen LogP contribution in [0.2, 0.25) is 0 Å². The highest BCUT2D eigenvalue weighted by molar-refractivity contribution is 5.83. The third-order valence-electron chi connectivity index (χ3n) is 4.05. The van der Waals surface area contributed by atoms with Gasteiger partial charge in [-0.1, -0.05) is 0 Å². The lowest BCUT2D eigenvalue weighted by Crippen LogP contribution is -2.38. The number of fused-ring (bicyclic) bond motifs is 1. The highest BCUT2D eigenvalue weighted by atomic mass is 16.5. The van der Waals surface area contributed by atoms with E-state index in [2.05, 4.69) is 15.5 Å². The first-order chi connectivity index (χ1) is 12.9. The molecule has 27 heavy (non-hydrogen) atoms. The SMILES string of the molecule is COc1ccc(/C=N\NC(=O)Cn2cnc3c2c(=O)n(C)c(=O)n3C)cc1. The molecule has 1 amide bonds. The smallest absolute Gasteiger partial charge is 0.332 e. The number of amides is 1. The van der Waals surface area contributed by atoms with E-state index in [4.69, 9.17) is 4.74 Å². The van der Waals surface area contributed by atoms with Crippen LogP contribution in [0.3, 0.4) is 0 Å². The standard InChI is InChI=1S/C17H18N6O4/c1-21-15-14(16(25)22(2)17(21)26)23(10-18-15)9-13(24)20-19-8-11-4-6-12(27-3)7-5-11/h4-8,10H,9H2,1-3H3,(H,20,24)/b19-8-. The number of rotatable bonds is 5. The van der Waals surface area contributed by atoms with Gasteiger partial charge in [0, 0.05) is 14.1 Å². The van der Waals surface area contributed by atoms with Crippen molar-refractivity contribution in [1.82, 2.24) is 24.1 Å². The van der Waals surface area contributed by atoms with E-state index >= 15 is 0 Å². The van der Waals surface area contributed by atoms with E-state index in [1.54, 1.807) is 31.4 Å². The predicted molar refractivity (Wildman–Crippen MR) is 98.9 cm³/mol. The number of hydrogen-bond acceptors (Lipinski definition) is 6. The molecule has 0 aliphatic carbocycles. The van der Waals surface area contributed by atoms with Crippen molar-refractivity contribution in [2.75, 3.05) is 7.11 Å². The highest BCUT2D eigenvalue weighted by Gasteiger charge is 2.15. The van der Waals surface area contributed by atoms with Gasteiger partial charge in [-0.3, -0.25) is 18.7 Å². The summed E-state index contributed by atoms with van der Waals surface area (Å²) in [5.41, 5.74) is 2.58. The van der Waals surface area contributed by atoms with Gasteiger partial charge in [0.25, 0.3) is 11.5 Å². The number of hydrazone groups is 1. The molecule has 1 N–H and O–H groups in total. The van der Waals surface area contributed by atoms with Gasteiger partial charge in [-0.15, -0.1) is 0 Å². The molecule has 10 heteroatoms. The van der Waals surface area contributed by atoms with Crippen LogP contribution in [0, 0.1) is 0 Å². The van der Waals surface area contributed by atoms with Gasteiger partial charge in [0.1, 0.15) is 12.3 Å². The zero-order valence-electron chi connectivity index (χ0n) is 15.0. The summed E-state index contributed by atoms with van der Waals surface area (Å²) in [6.45, 7) is -0.163. The molecule has 0 spiro atoms. The Morgan fingerprint density at radius 2 is 1.93 bits per heavy atom. The summed E-state index contributed by atoms with van der Waals surface area (Å²) >= 11 is 0. The van der Waals surface area contributed by atoms with Crippen LogP contribution in [0.5, 0.6) is 5.75 Å². The Bertz CT molecular complexity index is 1140. The highest BCUT2D eigenvalue weighted by Crippen LogP contribution is 2.09. The summed E-state index contributed by atoms with van der Waals surface area (Å²) < 4.78 is 8.68. The predicted octanol–water partition coefficient (Wildman–Crippen LogP) is -0.407. The molecule has 0 radical (unpaired) electrons. The fourth-order valence-corrected chi connectivity index (χ4v) is 2.58. The molecule has 0 saturated heterocycles. The molecular formula is C17H18N6O4. The molecule has 0 saturated carbocycles. The van der Waals surface area contributed by atoms with E-state index in [1.165, 1.54) is 35.8 Å². The minimum Gasteiger partial charge on any atom is -0.497 e. The summed E-state index contributed by atoms with van der Waals surface area (Å²) in [6, 6.07) is 7.14. The normalized spacial score (nSPS) is 11.2. The van der Waals surface area contributed by atoms with Crippen molar-refractivity contribution in [2.45, 2.75) is 6.54 Å². The molecule has 0 aliphatic heterocycles. The quantitative estimate of drug-likeness (QED) is 0.485. The summed E-state index contributed by atoms with van der Waals surface area (Å²) in [6.07, 6.45) is 2.84. The first kappa shape index (κ1) is 18.1. The fourth-order valence-electron chi connectivity index (χ4n) is 2.58. The maximum absolute atomic E-state index is 12.3. The Labute approximate surface area is 153 Å². The molecule has 10 nitrogen and oxygen atoms in total. The van der Waals surface area contributed by atoms with Crippen LogP contribution in [0.1, 0.15) is 5.56 Å². The van der Waals surface area contributed by atoms with Crippen molar-refractivity contribution in [2.24, 2.45) is 19.2 Å². The maximum atomic E-state index is 12.3. The minimum atomic E-state index is -0.514. The second-order valence-electron chi connectivity index (χ2n) is 5.82. The van der Waals surface area contributed by atoms with Crippen molar-refractivity contribution in [1.29, 1.82) is 0 Å². The number of ether oxygens (including phenoxy) is 1. The number of aromatic nitrogens is 4. The van der Waals surface area contributed by atoms with Crippen LogP contribution < -0.4 is 21.4 Å². The summed E-state index contributed by atoms with van der Waals surface area (Å²) in [7, 11) is 4.47. The van der Waals surface area contributed by atoms with E-state index in [0.717, 1.165) is 15.9 Å². The number of methoxy groups -OCH3 is 1. The van der Waals surface area contributed by atoms with Gasteiger partial charge in [-0.2, -0.15) is 5.10 Å². The molecule has 0 unspecified atom stereocenters. The third-order valence-corrected chi connectivity index (χ3v) is 4.05. The summed E-state index contributed by atoms with van der Waals surface area (Å²) in [5, 5.41) is 3.89. The van der Waals surface area contributed by atoms with Crippen molar-refractivity contribution >= 4 is 23.3 Å². The lowest BCUT2D eigenvalue weighted by molar-refractivity contribution is -0.121. The largest absolute Gasteiger partial charge is 0.497 e. The third kappa shape index (κ3) is 3.50. The van der Waals surface area contributed by atoms with Crippen LogP contribution >= 0.6 is 0 Å². The number of carbonyl (C=O) groups is 1. The van der Waals surface area contributed by atoms with E-state index in [-0.39, 0.29) is 17.7 Å². The van der Waals surface area contributed by atoms with E-state index in [9.17, 15) is 14.4 Å². The van der Waals surface area contributed by atoms with E-state index in [0.29, 0.717) is 0 Å². The molecule has 0 atom stereocenters. The van der Waals surface area contributed by atoms with E-state index < -0.39 is 17.2 Å². The monoisotopic (exact) mass is 370 g/mol. The van der Waals surface area contributed by atoms with Crippen LogP contribution in [0.25, 0.3) is 11.2 Å². The topological polar surface area (TPSA) is 113 Å². The lowest BCUT2D eigenvalue weighted by Gasteiger charge is -2.06. The van der Waals surface area contributed by atoms with Crippen molar-refractivity contribution in [3.8, 4) is 5.75 Å². The molecule has 3 aromatic rings. The number of aryl methyl sites for hydroxylation is 1. The number of benzene rings is 1. The van der Waals surface area contributed by atoms with Crippen LogP contribution in [0.15, 0.2) is 45.3 Å². The van der Waals surface area contributed by atoms with Crippen molar-refractivity contribution in [3.63, 3.8) is 0 Å². The Morgan fingerprint density at radius 3 is 2.59 bits per heavy atom. The molecule has 0 aliphatic rings. The van der Waals surface area contributed by atoms with Crippen molar-refractivity contribution < 1.29 is 9.53 Å². The Morgan fingerprint density at radius 1 is 1.22 bits per heavy atom. The second-order valence-corrected chi connectivity index (χ2v) is 5.82. The molecule has 2 aromatic heterocycles. The zero-order chi connectivity index (χ0) is 19.6. The summed E-state index contributed by atoms with van der Waals surface area (Å²) in [5.74, 6) is 0.286. The Balaban J connectivity index is 1.75. The van der Waals surface area contributed by atoms with Gasteiger partial charge in [0.15, 0.2) is 11.2 Å². The molecule has 1 aromatic carbocycles. The zero-order valence-corrected chi connectivity index (χ0v) is 15.0. The van der Waals surface area contributed by atoms with Crippen LogP contribution in [0.4, 0.5) is 0 Å². The van der Waals surface area contributed by atoms with Gasteiger partial charge in [0.05, 0.1) is 19.7 Å². The average Bonchev–Trinajstić information content (AvgIpc) is 3.08. The number of imidazole rings is 1. The van der Waals surface area contributed by atoms with Crippen LogP contribution in [-0.2, 0) is 25.4 Å². The van der Waals surface area contributed by atoms with Crippen molar-refractivity contribution in [3.05, 3.63) is 57.0 Å². The number of nitrogens with one attached hydrogen (secondary N) is 1. The molecule has 0 bridgehead atoms. The molecule has 2 heterocycles. The Hall–Kier alpha value is -3.69. The number of carbonyl (C=O) groups excluding carboxylic acids is 1. The molecule has 3 rings (SSSR count). The van der Waals surface area contributed by atoms with Gasteiger partial charge in [-0.25, -0.2) is 15.2 Å². The van der Waals surface area contributed by atoms with Gasteiger partial charge >= 0.3 is 5.69 Å². The molecular weight excluding hydrogens is 352 g/mol. The summed E-state index contributed by atoms with van der Waals surface area (Å²) in [4.78, 5) is 40.4. The fraction of sp³-hybridized carbons (Fsp3) is 0.235. The van der Waals surface area contributed by atoms with Crippen LogP contribution in [-0.4, -0.2) is 37.9 Å². The Kier molecular flexibility index (Phi) is 4.88. The van der Waals surface area contributed by atoms with Gasteiger partial charge in [-0.05, 0) is 29.8 Å². The maximum Gasteiger partial charge on any atom is 0.332 e. The lowest BCUT2D eigenvalue weighted by atomic mass is 10.2.